The average molecular weight is 300 g/mol. The Bertz CT molecular complexity index is 362. The van der Waals surface area contributed by atoms with Gasteiger partial charge in [0.05, 0.1) is 6.10 Å². The monoisotopic (exact) mass is 299 g/mol. The van der Waals surface area contributed by atoms with Crippen LogP contribution in [-0.2, 0) is 0 Å². The smallest absolute Gasteiger partial charge is 0.253 e. The summed E-state index contributed by atoms with van der Waals surface area (Å²) in [5, 5.41) is 0.782. The van der Waals surface area contributed by atoms with Gasteiger partial charge in [-0.05, 0) is 38.1 Å². The first-order valence-electron chi connectivity index (χ1n) is 5.62. The zero-order valence-corrected chi connectivity index (χ0v) is 12.0. The van der Waals surface area contributed by atoms with Gasteiger partial charge in [0, 0.05) is 24.5 Å². The maximum absolute atomic E-state index is 11.9. The highest BCUT2D eigenvalue weighted by Crippen LogP contribution is 2.14. The highest BCUT2D eigenvalue weighted by atomic mass is 79.9. The highest BCUT2D eigenvalue weighted by Gasteiger charge is 2.10. The normalized spacial score (nSPS) is 10.4. The molecule has 94 valence electrons. The molecule has 0 aliphatic heterocycles. The molecule has 0 aromatic heterocycles. The van der Waals surface area contributed by atoms with Crippen molar-refractivity contribution in [2.45, 2.75) is 20.0 Å². The summed E-state index contributed by atoms with van der Waals surface area (Å²) in [6.45, 7) is 4.65. The summed E-state index contributed by atoms with van der Waals surface area (Å²) in [6, 6.07) is 7.25. The van der Waals surface area contributed by atoms with Gasteiger partial charge in [0.1, 0.15) is 5.75 Å². The fourth-order valence-corrected chi connectivity index (χ4v) is 1.93. The minimum Gasteiger partial charge on any atom is -0.491 e. The molecule has 0 aliphatic carbocycles. The molecule has 1 rings (SSSR count). The van der Waals surface area contributed by atoms with E-state index in [-0.39, 0.29) is 12.0 Å². The predicted octanol–water partition coefficient (Wildman–Crippen LogP) is 2.94. The van der Waals surface area contributed by atoms with Crippen LogP contribution in [0.2, 0.25) is 0 Å². The lowest BCUT2D eigenvalue weighted by Crippen LogP contribution is -2.28. The lowest BCUT2D eigenvalue weighted by atomic mass is 10.2. The average Bonchev–Trinajstić information content (AvgIpc) is 2.28. The van der Waals surface area contributed by atoms with Gasteiger partial charge in [0.25, 0.3) is 5.91 Å². The molecule has 0 atom stereocenters. The highest BCUT2D eigenvalue weighted by molar-refractivity contribution is 9.09. The van der Waals surface area contributed by atoms with Crippen molar-refractivity contribution in [3.05, 3.63) is 29.8 Å². The summed E-state index contributed by atoms with van der Waals surface area (Å²) in [7, 11) is 1.79. The van der Waals surface area contributed by atoms with Gasteiger partial charge in [-0.2, -0.15) is 0 Å². The SMILES string of the molecule is CC(C)Oc1ccc(C(=O)N(C)CCBr)cc1. The number of rotatable bonds is 5. The Kier molecular flexibility index (Phi) is 5.48. The van der Waals surface area contributed by atoms with Crippen LogP contribution in [0.3, 0.4) is 0 Å². The molecule has 0 heterocycles. The lowest BCUT2D eigenvalue weighted by Gasteiger charge is -2.16. The van der Waals surface area contributed by atoms with Crippen molar-refractivity contribution in [2.24, 2.45) is 0 Å². The summed E-state index contributed by atoms with van der Waals surface area (Å²) in [6.07, 6.45) is 0.146. The number of halogens is 1. The van der Waals surface area contributed by atoms with E-state index in [0.29, 0.717) is 12.1 Å². The number of amides is 1. The Balaban J connectivity index is 2.70. The third-order valence-corrected chi connectivity index (χ3v) is 2.59. The van der Waals surface area contributed by atoms with Crippen molar-refractivity contribution in [1.82, 2.24) is 4.90 Å². The molecule has 0 radical (unpaired) electrons. The van der Waals surface area contributed by atoms with E-state index >= 15 is 0 Å². The molecule has 0 saturated carbocycles. The second-order valence-corrected chi connectivity index (χ2v) is 4.90. The van der Waals surface area contributed by atoms with Gasteiger partial charge in [0.15, 0.2) is 0 Å². The number of hydrogen-bond acceptors (Lipinski definition) is 2. The molecule has 0 bridgehead atoms. The molecule has 0 N–H and O–H groups in total. The van der Waals surface area contributed by atoms with Crippen LogP contribution >= 0.6 is 15.9 Å². The number of alkyl halides is 1. The van der Waals surface area contributed by atoms with Crippen LogP contribution in [0, 0.1) is 0 Å². The number of hydrogen-bond donors (Lipinski definition) is 0. The van der Waals surface area contributed by atoms with Crippen molar-refractivity contribution in [3.63, 3.8) is 0 Å². The first-order valence-corrected chi connectivity index (χ1v) is 6.75. The second kappa shape index (κ2) is 6.64. The summed E-state index contributed by atoms with van der Waals surface area (Å²) < 4.78 is 5.52. The first-order chi connectivity index (χ1) is 8.04. The summed E-state index contributed by atoms with van der Waals surface area (Å²) in [5.74, 6) is 0.820. The standard InChI is InChI=1S/C13H18BrNO2/c1-10(2)17-12-6-4-11(5-7-12)13(16)15(3)9-8-14/h4-7,10H,8-9H2,1-3H3. The molecular weight excluding hydrogens is 282 g/mol. The molecule has 0 unspecified atom stereocenters. The Labute approximate surface area is 111 Å². The fraction of sp³-hybridized carbons (Fsp3) is 0.462. The van der Waals surface area contributed by atoms with Crippen LogP contribution in [0.15, 0.2) is 24.3 Å². The minimum atomic E-state index is 0.0283. The molecule has 3 nitrogen and oxygen atoms in total. The van der Waals surface area contributed by atoms with Gasteiger partial charge in [-0.15, -0.1) is 0 Å². The number of carbonyl (C=O) groups is 1. The number of benzene rings is 1. The van der Waals surface area contributed by atoms with Gasteiger partial charge >= 0.3 is 0 Å². The maximum atomic E-state index is 11.9. The van der Waals surface area contributed by atoms with E-state index in [2.05, 4.69) is 15.9 Å². The molecule has 1 aromatic rings. The third-order valence-electron chi connectivity index (χ3n) is 2.24. The molecule has 0 fully saturated rings. The molecular formula is C13H18BrNO2. The van der Waals surface area contributed by atoms with Gasteiger partial charge in [-0.25, -0.2) is 0 Å². The molecule has 0 spiro atoms. The van der Waals surface area contributed by atoms with Crippen LogP contribution in [0.5, 0.6) is 5.75 Å². The van der Waals surface area contributed by atoms with E-state index in [1.165, 1.54) is 0 Å². The maximum Gasteiger partial charge on any atom is 0.253 e. The van der Waals surface area contributed by atoms with Crippen LogP contribution in [0.25, 0.3) is 0 Å². The van der Waals surface area contributed by atoms with Crippen LogP contribution < -0.4 is 4.74 Å². The number of carbonyl (C=O) groups excluding carboxylic acids is 1. The molecule has 0 saturated heterocycles. The molecule has 0 aliphatic rings. The fourth-order valence-electron chi connectivity index (χ4n) is 1.40. The van der Waals surface area contributed by atoms with Crippen molar-refractivity contribution >= 4 is 21.8 Å². The second-order valence-electron chi connectivity index (χ2n) is 4.11. The minimum absolute atomic E-state index is 0.0283. The van der Waals surface area contributed by atoms with Gasteiger partial charge in [-0.1, -0.05) is 15.9 Å². The first kappa shape index (κ1) is 14.0. The summed E-state index contributed by atoms with van der Waals surface area (Å²) in [4.78, 5) is 13.6. The van der Waals surface area contributed by atoms with Crippen molar-refractivity contribution in [1.29, 1.82) is 0 Å². The van der Waals surface area contributed by atoms with E-state index in [1.807, 2.05) is 26.0 Å². The molecule has 4 heteroatoms. The van der Waals surface area contributed by atoms with Gasteiger partial charge in [-0.3, -0.25) is 4.79 Å². The third kappa shape index (κ3) is 4.38. The van der Waals surface area contributed by atoms with E-state index in [4.69, 9.17) is 4.74 Å². The van der Waals surface area contributed by atoms with Crippen LogP contribution in [0.1, 0.15) is 24.2 Å². The Morgan fingerprint density at radius 2 is 1.94 bits per heavy atom. The zero-order chi connectivity index (χ0) is 12.8. The van der Waals surface area contributed by atoms with Gasteiger partial charge in [0.2, 0.25) is 0 Å². The van der Waals surface area contributed by atoms with Gasteiger partial charge < -0.3 is 9.64 Å². The van der Waals surface area contributed by atoms with E-state index < -0.39 is 0 Å². The molecule has 1 amide bonds. The van der Waals surface area contributed by atoms with Crippen molar-refractivity contribution < 1.29 is 9.53 Å². The van der Waals surface area contributed by atoms with Crippen LogP contribution in [0.4, 0.5) is 0 Å². The summed E-state index contributed by atoms with van der Waals surface area (Å²) >= 11 is 3.32. The summed E-state index contributed by atoms with van der Waals surface area (Å²) in [5.41, 5.74) is 0.685. The van der Waals surface area contributed by atoms with Crippen molar-refractivity contribution in [3.8, 4) is 5.75 Å². The molecule has 17 heavy (non-hydrogen) atoms. The number of nitrogens with zero attached hydrogens (tertiary/aromatic N) is 1. The van der Waals surface area contributed by atoms with Crippen LogP contribution in [-0.4, -0.2) is 35.8 Å². The zero-order valence-electron chi connectivity index (χ0n) is 10.4. The Hall–Kier alpha value is -1.03. The van der Waals surface area contributed by atoms with E-state index in [0.717, 1.165) is 11.1 Å². The molecule has 1 aromatic carbocycles. The van der Waals surface area contributed by atoms with E-state index in [9.17, 15) is 4.79 Å². The van der Waals surface area contributed by atoms with E-state index in [1.54, 1.807) is 24.1 Å². The lowest BCUT2D eigenvalue weighted by molar-refractivity contribution is 0.0804. The Morgan fingerprint density at radius 1 is 1.35 bits per heavy atom. The quantitative estimate of drug-likeness (QED) is 0.783. The Morgan fingerprint density at radius 3 is 2.41 bits per heavy atom. The van der Waals surface area contributed by atoms with Crippen molar-refractivity contribution in [2.75, 3.05) is 18.9 Å². The predicted molar refractivity (Wildman–Crippen MR) is 73.0 cm³/mol. The largest absolute Gasteiger partial charge is 0.491 e. The topological polar surface area (TPSA) is 29.5 Å². The number of ether oxygens (including phenoxy) is 1.